The van der Waals surface area contributed by atoms with Crippen molar-refractivity contribution in [3.63, 3.8) is 0 Å². The summed E-state index contributed by atoms with van der Waals surface area (Å²) < 4.78 is 5.54. The first-order chi connectivity index (χ1) is 9.16. The minimum atomic E-state index is 0.325. The largest absolute Gasteiger partial charge is 0.496 e. The number of fused-ring (bicyclic) bond motifs is 2. The van der Waals surface area contributed by atoms with E-state index in [9.17, 15) is 0 Å². The van der Waals surface area contributed by atoms with Gasteiger partial charge in [-0.3, -0.25) is 0 Å². The molecule has 3 rings (SSSR count). The summed E-state index contributed by atoms with van der Waals surface area (Å²) in [6, 6.07) is 6.50. The van der Waals surface area contributed by atoms with Crippen LogP contribution in [0.1, 0.15) is 36.8 Å². The molecule has 3 atom stereocenters. The minimum absolute atomic E-state index is 0.325. The Morgan fingerprint density at radius 2 is 2.21 bits per heavy atom. The lowest BCUT2D eigenvalue weighted by molar-refractivity contribution is 0.191. The summed E-state index contributed by atoms with van der Waals surface area (Å²) in [4.78, 5) is 0. The van der Waals surface area contributed by atoms with Crippen molar-refractivity contribution in [1.29, 1.82) is 0 Å². The molecule has 0 spiro atoms. The number of hydrogen-bond acceptors (Lipinski definition) is 1. The van der Waals surface area contributed by atoms with Crippen molar-refractivity contribution in [2.45, 2.75) is 39.0 Å². The van der Waals surface area contributed by atoms with Crippen LogP contribution in [0.5, 0.6) is 5.75 Å². The van der Waals surface area contributed by atoms with E-state index in [1.165, 1.54) is 36.8 Å². The van der Waals surface area contributed by atoms with Crippen LogP contribution in [0.3, 0.4) is 0 Å². The van der Waals surface area contributed by atoms with E-state index in [1.54, 1.807) is 7.11 Å². The highest BCUT2D eigenvalue weighted by molar-refractivity contribution is 6.18. The molecular weight excluding hydrogens is 256 g/mol. The lowest BCUT2D eigenvalue weighted by atomic mass is 9.70. The fourth-order valence-electron chi connectivity index (χ4n) is 4.41. The Kier molecular flexibility index (Phi) is 3.51. The van der Waals surface area contributed by atoms with Crippen molar-refractivity contribution >= 4 is 11.6 Å². The van der Waals surface area contributed by atoms with Gasteiger partial charge in [-0.15, -0.1) is 11.6 Å². The van der Waals surface area contributed by atoms with Gasteiger partial charge in [0.1, 0.15) is 5.75 Å². The molecule has 2 heteroatoms. The summed E-state index contributed by atoms with van der Waals surface area (Å²) in [6.45, 7) is 2.15. The van der Waals surface area contributed by atoms with E-state index in [-0.39, 0.29) is 0 Å². The highest BCUT2D eigenvalue weighted by atomic mass is 35.5. The molecule has 0 aromatic heterocycles. The molecule has 1 aromatic carbocycles. The van der Waals surface area contributed by atoms with Crippen LogP contribution in [-0.2, 0) is 6.42 Å². The molecule has 2 fully saturated rings. The van der Waals surface area contributed by atoms with Gasteiger partial charge in [-0.1, -0.05) is 24.1 Å². The zero-order valence-corrected chi connectivity index (χ0v) is 12.7. The summed E-state index contributed by atoms with van der Waals surface area (Å²) >= 11 is 6.40. The van der Waals surface area contributed by atoms with Crippen LogP contribution in [-0.4, -0.2) is 13.0 Å². The van der Waals surface area contributed by atoms with Gasteiger partial charge in [0.25, 0.3) is 0 Å². The lowest BCUT2D eigenvalue weighted by Crippen LogP contribution is -2.32. The monoisotopic (exact) mass is 278 g/mol. The van der Waals surface area contributed by atoms with Crippen molar-refractivity contribution < 1.29 is 4.74 Å². The summed E-state index contributed by atoms with van der Waals surface area (Å²) in [7, 11) is 1.77. The lowest BCUT2D eigenvalue weighted by Gasteiger charge is -2.36. The molecule has 0 amide bonds. The summed E-state index contributed by atoms with van der Waals surface area (Å²) in [5, 5.41) is 0. The number of ether oxygens (including phenoxy) is 1. The third-order valence-electron chi connectivity index (χ3n) is 5.35. The highest BCUT2D eigenvalue weighted by Gasteiger charge is 2.50. The molecule has 0 saturated heterocycles. The van der Waals surface area contributed by atoms with Crippen LogP contribution in [0.25, 0.3) is 0 Å². The van der Waals surface area contributed by atoms with E-state index in [1.807, 2.05) is 0 Å². The van der Waals surface area contributed by atoms with Gasteiger partial charge in [0.05, 0.1) is 7.11 Å². The fourth-order valence-corrected chi connectivity index (χ4v) is 4.83. The molecule has 0 heterocycles. The normalized spacial score (nSPS) is 32.8. The van der Waals surface area contributed by atoms with Crippen molar-refractivity contribution in [2.75, 3.05) is 13.0 Å². The predicted molar refractivity (Wildman–Crippen MR) is 80.0 cm³/mol. The number of methoxy groups -OCH3 is 1. The molecule has 0 N–H and O–H groups in total. The maximum absolute atomic E-state index is 6.40. The minimum Gasteiger partial charge on any atom is -0.496 e. The summed E-state index contributed by atoms with van der Waals surface area (Å²) in [6.07, 6.45) is 6.61. The molecule has 0 aliphatic heterocycles. The van der Waals surface area contributed by atoms with Crippen molar-refractivity contribution in [3.8, 4) is 5.75 Å². The van der Waals surface area contributed by atoms with E-state index in [0.717, 1.165) is 29.9 Å². The Morgan fingerprint density at radius 1 is 1.37 bits per heavy atom. The molecule has 1 nitrogen and oxygen atoms in total. The first-order valence-electron chi connectivity index (χ1n) is 7.36. The third kappa shape index (κ3) is 2.27. The molecule has 1 aromatic rings. The topological polar surface area (TPSA) is 9.23 Å². The molecule has 104 valence electrons. The first kappa shape index (κ1) is 13.3. The molecule has 2 aliphatic rings. The van der Waals surface area contributed by atoms with Gasteiger partial charge in [0.2, 0.25) is 0 Å². The SMILES string of the molecule is COc1ccc(C)cc1CC1(CCl)CC2CCC1C2. The maximum atomic E-state index is 6.40. The maximum Gasteiger partial charge on any atom is 0.122 e. The second-order valence-corrected chi connectivity index (χ2v) is 6.84. The molecule has 19 heavy (non-hydrogen) atoms. The molecule has 3 unspecified atom stereocenters. The Hall–Kier alpha value is -0.690. The van der Waals surface area contributed by atoms with Crippen LogP contribution in [0.2, 0.25) is 0 Å². The quantitative estimate of drug-likeness (QED) is 0.732. The summed E-state index contributed by atoms with van der Waals surface area (Å²) in [5.41, 5.74) is 2.98. The van der Waals surface area contributed by atoms with Gasteiger partial charge >= 0.3 is 0 Å². The Labute approximate surface area is 121 Å². The zero-order valence-electron chi connectivity index (χ0n) is 11.9. The Morgan fingerprint density at radius 3 is 2.79 bits per heavy atom. The van der Waals surface area contributed by atoms with Gasteiger partial charge in [0.15, 0.2) is 0 Å². The van der Waals surface area contributed by atoms with Gasteiger partial charge in [-0.2, -0.15) is 0 Å². The molecule has 2 aliphatic carbocycles. The average molecular weight is 279 g/mol. The zero-order chi connectivity index (χ0) is 13.5. The van der Waals surface area contributed by atoms with E-state index >= 15 is 0 Å². The van der Waals surface area contributed by atoms with Gasteiger partial charge in [0, 0.05) is 5.88 Å². The average Bonchev–Trinajstić information content (AvgIpc) is 3.00. The highest BCUT2D eigenvalue weighted by Crippen LogP contribution is 2.58. The number of rotatable bonds is 4. The standard InChI is InChI=1S/C17H23ClO/c1-12-3-6-16(19-2)14(7-12)10-17(11-18)9-13-4-5-15(17)8-13/h3,6-7,13,15H,4-5,8-11H2,1-2H3. The van der Waals surface area contributed by atoms with Gasteiger partial charge in [-0.05, 0) is 61.5 Å². The predicted octanol–water partition coefficient (Wildman–Crippen LogP) is 4.59. The number of aryl methyl sites for hydroxylation is 1. The van der Waals surface area contributed by atoms with Crippen molar-refractivity contribution in [1.82, 2.24) is 0 Å². The number of halogens is 1. The number of hydrogen-bond donors (Lipinski definition) is 0. The van der Waals surface area contributed by atoms with E-state index in [2.05, 4.69) is 25.1 Å². The van der Waals surface area contributed by atoms with Crippen molar-refractivity contribution in [3.05, 3.63) is 29.3 Å². The Balaban J connectivity index is 1.89. The summed E-state index contributed by atoms with van der Waals surface area (Å²) in [5.74, 6) is 3.59. The van der Waals surface area contributed by atoms with Gasteiger partial charge < -0.3 is 4.74 Å². The van der Waals surface area contributed by atoms with Gasteiger partial charge in [-0.25, -0.2) is 0 Å². The molecule has 0 radical (unpaired) electrons. The Bertz CT molecular complexity index is 470. The van der Waals surface area contributed by atoms with Crippen LogP contribution in [0.15, 0.2) is 18.2 Å². The van der Waals surface area contributed by atoms with Crippen LogP contribution >= 0.6 is 11.6 Å². The van der Waals surface area contributed by atoms with E-state index < -0.39 is 0 Å². The number of alkyl halides is 1. The van der Waals surface area contributed by atoms with E-state index in [0.29, 0.717) is 5.41 Å². The molecular formula is C17H23ClO. The smallest absolute Gasteiger partial charge is 0.122 e. The molecule has 2 bridgehead atoms. The van der Waals surface area contributed by atoms with Crippen LogP contribution in [0.4, 0.5) is 0 Å². The van der Waals surface area contributed by atoms with Crippen LogP contribution < -0.4 is 4.74 Å². The van der Waals surface area contributed by atoms with Crippen LogP contribution in [0, 0.1) is 24.2 Å². The first-order valence-corrected chi connectivity index (χ1v) is 7.90. The second-order valence-electron chi connectivity index (χ2n) is 6.57. The van der Waals surface area contributed by atoms with E-state index in [4.69, 9.17) is 16.3 Å². The molecule has 2 saturated carbocycles. The second kappa shape index (κ2) is 5.01. The third-order valence-corrected chi connectivity index (χ3v) is 5.88. The fraction of sp³-hybridized carbons (Fsp3) is 0.647. The van der Waals surface area contributed by atoms with Crippen molar-refractivity contribution in [2.24, 2.45) is 17.3 Å². The number of benzene rings is 1.